The smallest absolute Gasteiger partial charge is 0.335 e. The molecule has 0 amide bonds. The van der Waals surface area contributed by atoms with Crippen LogP contribution in [-0.2, 0) is 0 Å². The minimum Gasteiger partial charge on any atom is -0.478 e. The molecule has 1 aromatic rings. The van der Waals surface area contributed by atoms with Crippen LogP contribution in [0, 0.1) is 0 Å². The second-order valence-corrected chi connectivity index (χ2v) is 4.53. The van der Waals surface area contributed by atoms with Crippen molar-refractivity contribution >= 4 is 5.97 Å². The van der Waals surface area contributed by atoms with Crippen LogP contribution in [0.15, 0.2) is 18.2 Å². The maximum atomic E-state index is 10.9. The molecule has 2 unspecified atom stereocenters. The van der Waals surface area contributed by atoms with Gasteiger partial charge in [-0.05, 0) is 47.9 Å². The van der Waals surface area contributed by atoms with E-state index in [0.29, 0.717) is 17.4 Å². The standard InChI is InChI=1S/C13H16O2/c1-8-3-4-9(2)12-7-10(13(14)15)5-6-11(8)12/h5-9H,3-4H2,1-2H3,(H,14,15). The largest absolute Gasteiger partial charge is 0.478 e. The van der Waals surface area contributed by atoms with Crippen molar-refractivity contribution in [3.8, 4) is 0 Å². The van der Waals surface area contributed by atoms with Gasteiger partial charge in [-0.1, -0.05) is 19.9 Å². The second kappa shape index (κ2) is 3.69. The molecule has 0 bridgehead atoms. The molecule has 2 nitrogen and oxygen atoms in total. The Balaban J connectivity index is 2.49. The fraction of sp³-hybridized carbons (Fsp3) is 0.462. The van der Waals surface area contributed by atoms with E-state index in [1.807, 2.05) is 12.1 Å². The molecule has 0 heterocycles. The number of aromatic carboxylic acids is 1. The number of carboxylic acids is 1. The Bertz CT molecular complexity index is 396. The van der Waals surface area contributed by atoms with E-state index < -0.39 is 5.97 Å². The van der Waals surface area contributed by atoms with Crippen molar-refractivity contribution in [1.82, 2.24) is 0 Å². The lowest BCUT2D eigenvalue weighted by molar-refractivity contribution is 0.0696. The predicted octanol–water partition coefficient (Wildman–Crippen LogP) is 3.39. The van der Waals surface area contributed by atoms with Gasteiger partial charge < -0.3 is 5.11 Å². The first-order chi connectivity index (χ1) is 7.09. The third kappa shape index (κ3) is 1.76. The molecular formula is C13H16O2. The maximum absolute atomic E-state index is 10.9. The lowest BCUT2D eigenvalue weighted by Gasteiger charge is -2.27. The summed E-state index contributed by atoms with van der Waals surface area (Å²) in [7, 11) is 0. The molecule has 2 heteroatoms. The fourth-order valence-corrected chi connectivity index (χ4v) is 2.39. The van der Waals surface area contributed by atoms with Crippen molar-refractivity contribution in [3.05, 3.63) is 34.9 Å². The lowest BCUT2D eigenvalue weighted by Crippen LogP contribution is -2.12. The molecule has 2 rings (SSSR count). The van der Waals surface area contributed by atoms with Gasteiger partial charge >= 0.3 is 5.97 Å². The van der Waals surface area contributed by atoms with Gasteiger partial charge in [-0.15, -0.1) is 0 Å². The number of fused-ring (bicyclic) bond motifs is 1. The summed E-state index contributed by atoms with van der Waals surface area (Å²) < 4.78 is 0. The Hall–Kier alpha value is -1.31. The highest BCUT2D eigenvalue weighted by Gasteiger charge is 2.22. The Kier molecular flexibility index (Phi) is 2.51. The summed E-state index contributed by atoms with van der Waals surface area (Å²) in [5, 5.41) is 8.94. The quantitative estimate of drug-likeness (QED) is 0.761. The molecule has 0 spiro atoms. The van der Waals surface area contributed by atoms with E-state index in [2.05, 4.69) is 13.8 Å². The minimum atomic E-state index is -0.830. The monoisotopic (exact) mass is 204 g/mol. The molecule has 0 aliphatic heterocycles. The van der Waals surface area contributed by atoms with Gasteiger partial charge in [-0.3, -0.25) is 0 Å². The normalized spacial score (nSPS) is 24.7. The number of carboxylic acid groups (broad SMARTS) is 1. The summed E-state index contributed by atoms with van der Waals surface area (Å²) in [4.78, 5) is 10.9. The zero-order chi connectivity index (χ0) is 11.0. The van der Waals surface area contributed by atoms with Gasteiger partial charge in [0.1, 0.15) is 0 Å². The zero-order valence-corrected chi connectivity index (χ0v) is 9.16. The predicted molar refractivity (Wildman–Crippen MR) is 59.5 cm³/mol. The molecule has 1 aromatic carbocycles. The molecule has 80 valence electrons. The third-order valence-electron chi connectivity index (χ3n) is 3.43. The van der Waals surface area contributed by atoms with Crippen molar-refractivity contribution in [2.45, 2.75) is 38.5 Å². The topological polar surface area (TPSA) is 37.3 Å². The van der Waals surface area contributed by atoms with Crippen molar-refractivity contribution in [1.29, 1.82) is 0 Å². The zero-order valence-electron chi connectivity index (χ0n) is 9.16. The van der Waals surface area contributed by atoms with E-state index in [1.54, 1.807) is 6.07 Å². The van der Waals surface area contributed by atoms with Crippen LogP contribution in [0.4, 0.5) is 0 Å². The van der Waals surface area contributed by atoms with Crippen LogP contribution < -0.4 is 0 Å². The first-order valence-corrected chi connectivity index (χ1v) is 5.46. The maximum Gasteiger partial charge on any atom is 0.335 e. The third-order valence-corrected chi connectivity index (χ3v) is 3.43. The number of hydrogen-bond donors (Lipinski definition) is 1. The van der Waals surface area contributed by atoms with E-state index in [0.717, 1.165) is 6.42 Å². The van der Waals surface area contributed by atoms with Crippen molar-refractivity contribution in [3.63, 3.8) is 0 Å². The van der Waals surface area contributed by atoms with E-state index in [9.17, 15) is 4.79 Å². The second-order valence-electron chi connectivity index (χ2n) is 4.53. The molecular weight excluding hydrogens is 188 g/mol. The van der Waals surface area contributed by atoms with E-state index >= 15 is 0 Å². The molecule has 1 aliphatic carbocycles. The summed E-state index contributed by atoms with van der Waals surface area (Å²) in [6.07, 6.45) is 2.37. The molecule has 2 atom stereocenters. The Labute approximate surface area is 89.9 Å². The van der Waals surface area contributed by atoms with E-state index in [-0.39, 0.29) is 0 Å². The highest BCUT2D eigenvalue weighted by Crippen LogP contribution is 2.38. The van der Waals surface area contributed by atoms with Gasteiger partial charge in [-0.25, -0.2) is 4.79 Å². The van der Waals surface area contributed by atoms with Crippen LogP contribution in [0.5, 0.6) is 0 Å². The first kappa shape index (κ1) is 10.2. The lowest BCUT2D eigenvalue weighted by atomic mass is 9.78. The highest BCUT2D eigenvalue weighted by molar-refractivity contribution is 5.88. The van der Waals surface area contributed by atoms with Crippen LogP contribution in [0.25, 0.3) is 0 Å². The van der Waals surface area contributed by atoms with Gasteiger partial charge in [0.2, 0.25) is 0 Å². The number of rotatable bonds is 1. The Morgan fingerprint density at radius 2 is 1.80 bits per heavy atom. The van der Waals surface area contributed by atoms with Gasteiger partial charge in [-0.2, -0.15) is 0 Å². The van der Waals surface area contributed by atoms with Gasteiger partial charge in [0.25, 0.3) is 0 Å². The molecule has 1 aliphatic rings. The number of hydrogen-bond acceptors (Lipinski definition) is 1. The summed E-state index contributed by atoms with van der Waals surface area (Å²) in [6, 6.07) is 5.55. The molecule has 15 heavy (non-hydrogen) atoms. The van der Waals surface area contributed by atoms with Crippen LogP contribution >= 0.6 is 0 Å². The van der Waals surface area contributed by atoms with Crippen LogP contribution in [0.2, 0.25) is 0 Å². The van der Waals surface area contributed by atoms with Gasteiger partial charge in [0.05, 0.1) is 5.56 Å². The average molecular weight is 204 g/mol. The average Bonchev–Trinajstić information content (AvgIpc) is 2.23. The summed E-state index contributed by atoms with van der Waals surface area (Å²) >= 11 is 0. The number of benzene rings is 1. The van der Waals surface area contributed by atoms with Crippen molar-refractivity contribution in [2.24, 2.45) is 0 Å². The summed E-state index contributed by atoms with van der Waals surface area (Å²) in [6.45, 7) is 4.39. The van der Waals surface area contributed by atoms with Gasteiger partial charge in [0, 0.05) is 0 Å². The van der Waals surface area contributed by atoms with E-state index in [4.69, 9.17) is 5.11 Å². The molecule has 0 saturated carbocycles. The SMILES string of the molecule is CC1CCC(C)c2cc(C(=O)O)ccc21. The van der Waals surface area contributed by atoms with Crippen molar-refractivity contribution < 1.29 is 9.90 Å². The highest BCUT2D eigenvalue weighted by atomic mass is 16.4. The summed E-state index contributed by atoms with van der Waals surface area (Å²) in [5.41, 5.74) is 2.97. The Morgan fingerprint density at radius 3 is 2.40 bits per heavy atom. The van der Waals surface area contributed by atoms with Crippen LogP contribution in [0.1, 0.15) is 60.0 Å². The van der Waals surface area contributed by atoms with Gasteiger partial charge in [0.15, 0.2) is 0 Å². The van der Waals surface area contributed by atoms with Crippen LogP contribution in [-0.4, -0.2) is 11.1 Å². The van der Waals surface area contributed by atoms with Crippen molar-refractivity contribution in [2.75, 3.05) is 0 Å². The van der Waals surface area contributed by atoms with Crippen LogP contribution in [0.3, 0.4) is 0 Å². The fourth-order valence-electron chi connectivity index (χ4n) is 2.39. The molecule has 1 N–H and O–H groups in total. The summed E-state index contributed by atoms with van der Waals surface area (Å²) in [5.74, 6) is 0.234. The molecule has 0 aromatic heterocycles. The Morgan fingerprint density at radius 1 is 1.20 bits per heavy atom. The molecule has 0 fully saturated rings. The molecule has 0 radical (unpaired) electrons. The molecule has 0 saturated heterocycles. The van der Waals surface area contributed by atoms with E-state index in [1.165, 1.54) is 17.5 Å². The first-order valence-electron chi connectivity index (χ1n) is 5.46. The minimum absolute atomic E-state index is 0.412. The number of carbonyl (C=O) groups is 1.